The highest BCUT2D eigenvalue weighted by Crippen LogP contribution is 2.57. The van der Waals surface area contributed by atoms with Crippen molar-refractivity contribution in [3.63, 3.8) is 0 Å². The number of fused-ring (bicyclic) bond motifs is 2. The lowest BCUT2D eigenvalue weighted by Gasteiger charge is -2.51. The van der Waals surface area contributed by atoms with Crippen molar-refractivity contribution in [1.29, 1.82) is 0 Å². The molecule has 5 unspecified atom stereocenters. The summed E-state index contributed by atoms with van der Waals surface area (Å²) in [5.41, 5.74) is 0.273. The van der Waals surface area contributed by atoms with Crippen LogP contribution in [0.5, 0.6) is 0 Å². The average Bonchev–Trinajstić information content (AvgIpc) is 2.83. The third kappa shape index (κ3) is 1.57. The van der Waals surface area contributed by atoms with E-state index in [9.17, 15) is 20.1 Å². The maximum absolute atomic E-state index is 12.6. The van der Waals surface area contributed by atoms with E-state index < -0.39 is 23.5 Å². The molecule has 2 aliphatic carbocycles. The van der Waals surface area contributed by atoms with Crippen molar-refractivity contribution >= 4 is 5.78 Å². The summed E-state index contributed by atoms with van der Waals surface area (Å²) in [5, 5.41) is 30.1. The van der Waals surface area contributed by atoms with E-state index in [4.69, 9.17) is 4.42 Å². The molecular weight excluding hydrogens is 260 g/mol. The molecule has 5 nitrogen and oxygen atoms in total. The lowest BCUT2D eigenvalue weighted by atomic mass is 9.53. The summed E-state index contributed by atoms with van der Waals surface area (Å²) in [5.74, 6) is -0.463. The number of rotatable bonds is 1. The summed E-state index contributed by atoms with van der Waals surface area (Å²) < 4.78 is 5.27. The van der Waals surface area contributed by atoms with Gasteiger partial charge in [-0.15, -0.1) is 0 Å². The van der Waals surface area contributed by atoms with Gasteiger partial charge >= 0.3 is 0 Å². The molecule has 2 aliphatic rings. The number of carbonyl (C=O) groups excluding carboxylic acids is 1. The number of carbonyl (C=O) groups is 1. The van der Waals surface area contributed by atoms with Gasteiger partial charge in [0.25, 0.3) is 0 Å². The van der Waals surface area contributed by atoms with E-state index in [0.717, 1.165) is 0 Å². The van der Waals surface area contributed by atoms with Gasteiger partial charge in [0.15, 0.2) is 5.76 Å². The molecule has 0 bridgehead atoms. The third-order valence-corrected chi connectivity index (χ3v) is 5.43. The van der Waals surface area contributed by atoms with Gasteiger partial charge in [0.2, 0.25) is 5.78 Å². The van der Waals surface area contributed by atoms with E-state index in [1.165, 1.54) is 6.26 Å². The highest BCUT2D eigenvalue weighted by molar-refractivity contribution is 5.99. The van der Waals surface area contributed by atoms with Gasteiger partial charge in [-0.1, -0.05) is 13.8 Å². The Labute approximate surface area is 117 Å². The van der Waals surface area contributed by atoms with Crippen LogP contribution in [0.3, 0.4) is 0 Å². The average molecular weight is 280 g/mol. The number of ketones is 1. The molecule has 0 saturated heterocycles. The Hall–Kier alpha value is -1.17. The van der Waals surface area contributed by atoms with E-state index in [1.54, 1.807) is 0 Å². The number of aliphatic hydroxyl groups excluding tert-OH is 3. The first-order valence-corrected chi connectivity index (χ1v) is 7.02. The summed E-state index contributed by atoms with van der Waals surface area (Å²) >= 11 is 0. The second kappa shape index (κ2) is 4.41. The Bertz CT molecular complexity index is 548. The fraction of sp³-hybridized carbons (Fsp3) is 0.667. The zero-order valence-electron chi connectivity index (χ0n) is 11.7. The predicted molar refractivity (Wildman–Crippen MR) is 69.9 cm³/mol. The molecule has 3 N–H and O–H groups in total. The Morgan fingerprint density at radius 3 is 2.75 bits per heavy atom. The van der Waals surface area contributed by atoms with Gasteiger partial charge in [-0.3, -0.25) is 4.79 Å². The fourth-order valence-corrected chi connectivity index (χ4v) is 3.96. The number of aliphatic hydroxyl groups is 3. The molecule has 0 aromatic carbocycles. The zero-order valence-corrected chi connectivity index (χ0v) is 11.7. The van der Waals surface area contributed by atoms with Gasteiger partial charge in [-0.25, -0.2) is 0 Å². The molecule has 20 heavy (non-hydrogen) atoms. The Kier molecular flexibility index (Phi) is 3.04. The third-order valence-electron chi connectivity index (χ3n) is 5.43. The van der Waals surface area contributed by atoms with Crippen molar-refractivity contribution in [2.24, 2.45) is 17.3 Å². The van der Waals surface area contributed by atoms with Crippen LogP contribution < -0.4 is 0 Å². The first-order valence-electron chi connectivity index (χ1n) is 7.02. The molecule has 5 heteroatoms. The molecule has 1 saturated carbocycles. The second-order valence-electron chi connectivity index (χ2n) is 6.37. The minimum atomic E-state index is -0.858. The molecule has 1 aromatic rings. The number of hydrogen-bond donors (Lipinski definition) is 3. The first-order chi connectivity index (χ1) is 9.41. The minimum absolute atomic E-state index is 0.00444. The van der Waals surface area contributed by atoms with Crippen LogP contribution in [0.1, 0.15) is 54.5 Å². The predicted octanol–water partition coefficient (Wildman–Crippen LogP) is 1.41. The molecule has 0 spiro atoms. The monoisotopic (exact) mass is 280 g/mol. The Morgan fingerprint density at radius 1 is 1.40 bits per heavy atom. The van der Waals surface area contributed by atoms with Crippen LogP contribution in [-0.2, 0) is 6.61 Å². The molecule has 1 fully saturated rings. The SMILES string of the molecule is CC1CC(O)CC2C(=O)c3occ(CO)c3C(O)C12C. The molecule has 110 valence electrons. The van der Waals surface area contributed by atoms with E-state index >= 15 is 0 Å². The highest BCUT2D eigenvalue weighted by Gasteiger charge is 2.57. The second-order valence-corrected chi connectivity index (χ2v) is 6.37. The zero-order chi connectivity index (χ0) is 14.7. The van der Waals surface area contributed by atoms with Crippen LogP contribution >= 0.6 is 0 Å². The van der Waals surface area contributed by atoms with Crippen molar-refractivity contribution in [1.82, 2.24) is 0 Å². The van der Waals surface area contributed by atoms with Crippen LogP contribution in [0.25, 0.3) is 0 Å². The van der Waals surface area contributed by atoms with Crippen molar-refractivity contribution in [3.8, 4) is 0 Å². The van der Waals surface area contributed by atoms with Crippen molar-refractivity contribution in [3.05, 3.63) is 23.2 Å². The summed E-state index contributed by atoms with van der Waals surface area (Å²) in [6, 6.07) is 0. The fourth-order valence-electron chi connectivity index (χ4n) is 3.96. The molecule has 1 aromatic heterocycles. The van der Waals surface area contributed by atoms with Gasteiger partial charge in [0.05, 0.1) is 25.1 Å². The lowest BCUT2D eigenvalue weighted by molar-refractivity contribution is -0.0976. The number of hydrogen-bond acceptors (Lipinski definition) is 5. The Balaban J connectivity index is 2.16. The van der Waals surface area contributed by atoms with Gasteiger partial charge in [0, 0.05) is 22.5 Å². The van der Waals surface area contributed by atoms with Gasteiger partial charge in [0.1, 0.15) is 0 Å². The van der Waals surface area contributed by atoms with Crippen LogP contribution in [0.15, 0.2) is 10.7 Å². The molecule has 0 radical (unpaired) electrons. The van der Waals surface area contributed by atoms with Crippen LogP contribution in [0.4, 0.5) is 0 Å². The number of furan rings is 1. The Morgan fingerprint density at radius 2 is 2.10 bits per heavy atom. The first kappa shape index (κ1) is 13.8. The standard InChI is InChI=1S/C15H20O5/c1-7-3-9(17)4-10-12(18)13-11(8(5-16)6-20-13)14(19)15(7,10)2/h6-7,9-10,14,16-17,19H,3-5H2,1-2H3. The van der Waals surface area contributed by atoms with Crippen molar-refractivity contribution in [2.75, 3.05) is 0 Å². The van der Waals surface area contributed by atoms with E-state index in [2.05, 4.69) is 0 Å². The largest absolute Gasteiger partial charge is 0.460 e. The van der Waals surface area contributed by atoms with Gasteiger partial charge in [-0.05, 0) is 18.8 Å². The highest BCUT2D eigenvalue weighted by atomic mass is 16.3. The molecule has 3 rings (SSSR count). The summed E-state index contributed by atoms with van der Waals surface area (Å²) in [4.78, 5) is 12.6. The molecule has 0 aliphatic heterocycles. The maximum atomic E-state index is 12.6. The van der Waals surface area contributed by atoms with Crippen molar-refractivity contribution < 1.29 is 24.5 Å². The number of Topliss-reactive ketones (excluding diaryl/α,β-unsaturated/α-hetero) is 1. The quantitative estimate of drug-likeness (QED) is 0.723. The van der Waals surface area contributed by atoms with Gasteiger partial charge < -0.3 is 19.7 Å². The normalized spacial score (nSPS) is 40.4. The summed E-state index contributed by atoms with van der Waals surface area (Å²) in [6.07, 6.45) is 0.884. The molecule has 5 atom stereocenters. The van der Waals surface area contributed by atoms with Crippen LogP contribution in [-0.4, -0.2) is 27.2 Å². The maximum Gasteiger partial charge on any atom is 0.202 e. The van der Waals surface area contributed by atoms with E-state index in [0.29, 0.717) is 24.0 Å². The van der Waals surface area contributed by atoms with Crippen molar-refractivity contribution in [2.45, 2.75) is 45.5 Å². The van der Waals surface area contributed by atoms with Crippen LogP contribution in [0.2, 0.25) is 0 Å². The molecule has 1 heterocycles. The smallest absolute Gasteiger partial charge is 0.202 e. The van der Waals surface area contributed by atoms with Crippen LogP contribution in [0, 0.1) is 17.3 Å². The topological polar surface area (TPSA) is 90.9 Å². The van der Waals surface area contributed by atoms with E-state index in [1.807, 2.05) is 13.8 Å². The minimum Gasteiger partial charge on any atom is -0.460 e. The summed E-state index contributed by atoms with van der Waals surface area (Å²) in [7, 11) is 0. The van der Waals surface area contributed by atoms with Gasteiger partial charge in [-0.2, -0.15) is 0 Å². The van der Waals surface area contributed by atoms with E-state index in [-0.39, 0.29) is 24.1 Å². The summed E-state index contributed by atoms with van der Waals surface area (Å²) in [6.45, 7) is 3.59. The molecular formula is C15H20O5. The lowest BCUT2D eigenvalue weighted by Crippen LogP contribution is -2.52. The molecule has 0 amide bonds.